The molecule has 0 aliphatic heterocycles. The van der Waals surface area contributed by atoms with Crippen molar-refractivity contribution in [3.8, 4) is 17.2 Å². The van der Waals surface area contributed by atoms with E-state index in [1.54, 1.807) is 18.2 Å². The van der Waals surface area contributed by atoms with E-state index in [4.69, 9.17) is 14.2 Å². The lowest BCUT2D eigenvalue weighted by Gasteiger charge is -2.09. The van der Waals surface area contributed by atoms with Gasteiger partial charge in [0.05, 0.1) is 33.6 Å². The van der Waals surface area contributed by atoms with Gasteiger partial charge in [0.15, 0.2) is 11.5 Å². The number of methoxy groups -OCH3 is 2. The van der Waals surface area contributed by atoms with Crippen molar-refractivity contribution in [1.29, 1.82) is 0 Å². The summed E-state index contributed by atoms with van der Waals surface area (Å²) in [6, 6.07) is 12.1. The van der Waals surface area contributed by atoms with Crippen LogP contribution in [0, 0.1) is 0 Å². The first-order valence-electron chi connectivity index (χ1n) is 9.62. The van der Waals surface area contributed by atoms with E-state index in [0.29, 0.717) is 23.7 Å². The second-order valence-electron chi connectivity index (χ2n) is 6.32. The molecular formula is C22H27N3O5. The molecule has 2 amide bonds. The highest BCUT2D eigenvalue weighted by molar-refractivity contribution is 5.97. The van der Waals surface area contributed by atoms with E-state index in [2.05, 4.69) is 22.8 Å². The van der Waals surface area contributed by atoms with Gasteiger partial charge in [0.1, 0.15) is 5.75 Å². The number of amides is 2. The lowest BCUT2D eigenvalue weighted by Crippen LogP contribution is -2.34. The predicted octanol–water partition coefficient (Wildman–Crippen LogP) is 2.76. The van der Waals surface area contributed by atoms with Gasteiger partial charge in [0.25, 0.3) is 11.8 Å². The third-order valence-electron chi connectivity index (χ3n) is 4.10. The molecule has 0 heterocycles. The first kappa shape index (κ1) is 22.7. The zero-order valence-electron chi connectivity index (χ0n) is 17.4. The second-order valence-corrected chi connectivity index (χ2v) is 6.32. The molecule has 8 heteroatoms. The number of nitrogens with zero attached hydrogens (tertiary/aromatic N) is 1. The molecule has 0 aliphatic carbocycles. The molecule has 30 heavy (non-hydrogen) atoms. The fraction of sp³-hybridized carbons (Fsp3) is 0.318. The summed E-state index contributed by atoms with van der Waals surface area (Å²) >= 11 is 0. The van der Waals surface area contributed by atoms with Crippen molar-refractivity contribution < 1.29 is 23.8 Å². The van der Waals surface area contributed by atoms with Crippen molar-refractivity contribution in [3.05, 3.63) is 53.6 Å². The van der Waals surface area contributed by atoms with E-state index in [-0.39, 0.29) is 6.54 Å². The van der Waals surface area contributed by atoms with Crippen LogP contribution in [0.3, 0.4) is 0 Å². The highest BCUT2D eigenvalue weighted by atomic mass is 16.5. The minimum atomic E-state index is -0.445. The average Bonchev–Trinajstić information content (AvgIpc) is 2.78. The van der Waals surface area contributed by atoms with Crippen LogP contribution < -0.4 is 25.0 Å². The number of carbonyl (C=O) groups excluding carboxylic acids is 2. The molecule has 8 nitrogen and oxygen atoms in total. The lowest BCUT2D eigenvalue weighted by atomic mass is 10.2. The van der Waals surface area contributed by atoms with Crippen LogP contribution in [0.15, 0.2) is 47.6 Å². The fourth-order valence-corrected chi connectivity index (χ4v) is 2.44. The van der Waals surface area contributed by atoms with Crippen LogP contribution >= 0.6 is 0 Å². The van der Waals surface area contributed by atoms with Crippen LogP contribution in [0.25, 0.3) is 0 Å². The molecule has 2 rings (SSSR count). The van der Waals surface area contributed by atoms with Crippen LogP contribution in [-0.2, 0) is 4.79 Å². The first-order valence-corrected chi connectivity index (χ1v) is 9.62. The van der Waals surface area contributed by atoms with Gasteiger partial charge in [0.2, 0.25) is 0 Å². The number of unbranched alkanes of at least 4 members (excludes halogenated alkanes) is 1. The zero-order valence-corrected chi connectivity index (χ0v) is 17.4. The molecule has 0 spiro atoms. The number of hydrazone groups is 1. The molecule has 2 aromatic carbocycles. The predicted molar refractivity (Wildman–Crippen MR) is 114 cm³/mol. The van der Waals surface area contributed by atoms with Crippen molar-refractivity contribution >= 4 is 18.0 Å². The largest absolute Gasteiger partial charge is 0.494 e. The SMILES string of the molecule is CCCCOc1ccc(/C=N/NC(=O)CNC(=O)c2ccc(OC)c(OC)c2)cc1. The Morgan fingerprint density at radius 2 is 1.77 bits per heavy atom. The van der Waals surface area contributed by atoms with Crippen LogP contribution in [0.1, 0.15) is 35.7 Å². The van der Waals surface area contributed by atoms with E-state index >= 15 is 0 Å². The maximum absolute atomic E-state index is 12.2. The zero-order chi connectivity index (χ0) is 21.8. The number of hydrogen-bond acceptors (Lipinski definition) is 6. The third kappa shape index (κ3) is 7.12. The number of hydrogen-bond donors (Lipinski definition) is 2. The molecule has 0 unspecified atom stereocenters. The van der Waals surface area contributed by atoms with E-state index in [1.165, 1.54) is 20.4 Å². The number of rotatable bonds is 11. The molecule has 2 N–H and O–H groups in total. The summed E-state index contributed by atoms with van der Waals surface area (Å²) in [7, 11) is 3.00. The standard InChI is InChI=1S/C22H27N3O5/c1-4-5-12-30-18-9-6-16(7-10-18)14-24-25-21(26)15-23-22(27)17-8-11-19(28-2)20(13-17)29-3/h6-11,13-14H,4-5,12,15H2,1-3H3,(H,23,27)(H,25,26)/b24-14+. The number of nitrogens with one attached hydrogen (secondary N) is 2. The van der Waals surface area contributed by atoms with E-state index in [0.717, 1.165) is 24.2 Å². The minimum Gasteiger partial charge on any atom is -0.494 e. The van der Waals surface area contributed by atoms with Gasteiger partial charge in [-0.2, -0.15) is 5.10 Å². The lowest BCUT2D eigenvalue weighted by molar-refractivity contribution is -0.120. The summed E-state index contributed by atoms with van der Waals surface area (Å²) in [6.07, 6.45) is 3.61. The maximum Gasteiger partial charge on any atom is 0.259 e. The molecule has 0 saturated carbocycles. The van der Waals surface area contributed by atoms with Gasteiger partial charge in [-0.25, -0.2) is 5.43 Å². The van der Waals surface area contributed by atoms with Crippen molar-refractivity contribution in [2.75, 3.05) is 27.4 Å². The van der Waals surface area contributed by atoms with Gasteiger partial charge in [-0.3, -0.25) is 9.59 Å². The van der Waals surface area contributed by atoms with Crippen LogP contribution in [0.4, 0.5) is 0 Å². The smallest absolute Gasteiger partial charge is 0.259 e. The Labute approximate surface area is 176 Å². The molecule has 0 bridgehead atoms. The normalized spacial score (nSPS) is 10.5. The molecule has 0 aromatic heterocycles. The molecule has 0 aliphatic rings. The highest BCUT2D eigenvalue weighted by Gasteiger charge is 2.11. The number of benzene rings is 2. The topological polar surface area (TPSA) is 98.2 Å². The van der Waals surface area contributed by atoms with E-state index < -0.39 is 11.8 Å². The number of carbonyl (C=O) groups is 2. The highest BCUT2D eigenvalue weighted by Crippen LogP contribution is 2.27. The van der Waals surface area contributed by atoms with Gasteiger partial charge in [-0.1, -0.05) is 13.3 Å². The van der Waals surface area contributed by atoms with Gasteiger partial charge in [-0.05, 0) is 54.4 Å². The van der Waals surface area contributed by atoms with Crippen LogP contribution in [0.5, 0.6) is 17.2 Å². The summed E-state index contributed by atoms with van der Waals surface area (Å²) < 4.78 is 15.9. The third-order valence-corrected chi connectivity index (χ3v) is 4.10. The summed E-state index contributed by atoms with van der Waals surface area (Å²) in [5.74, 6) is 0.888. The first-order chi connectivity index (χ1) is 14.6. The van der Waals surface area contributed by atoms with Crippen LogP contribution in [-0.4, -0.2) is 45.4 Å². The quantitative estimate of drug-likeness (QED) is 0.335. The molecule has 0 atom stereocenters. The summed E-state index contributed by atoms with van der Waals surface area (Å²) in [5, 5.41) is 6.42. The Kier molecular flexibility index (Phi) is 9.18. The average molecular weight is 413 g/mol. The Balaban J connectivity index is 1.78. The molecule has 0 radical (unpaired) electrons. The van der Waals surface area contributed by atoms with Crippen LogP contribution in [0.2, 0.25) is 0 Å². The summed E-state index contributed by atoms with van der Waals surface area (Å²) in [5.41, 5.74) is 3.54. The Morgan fingerprint density at radius 3 is 2.43 bits per heavy atom. The van der Waals surface area contributed by atoms with Crippen molar-refractivity contribution in [3.63, 3.8) is 0 Å². The molecule has 2 aromatic rings. The Morgan fingerprint density at radius 1 is 1.03 bits per heavy atom. The fourth-order valence-electron chi connectivity index (χ4n) is 2.44. The number of ether oxygens (including phenoxy) is 3. The van der Waals surface area contributed by atoms with Crippen molar-refractivity contribution in [2.45, 2.75) is 19.8 Å². The molecular weight excluding hydrogens is 386 g/mol. The van der Waals surface area contributed by atoms with Gasteiger partial charge < -0.3 is 19.5 Å². The second kappa shape index (κ2) is 12.1. The van der Waals surface area contributed by atoms with E-state index in [1.807, 2.05) is 24.3 Å². The summed E-state index contributed by atoms with van der Waals surface area (Å²) in [4.78, 5) is 24.1. The molecule has 0 saturated heterocycles. The van der Waals surface area contributed by atoms with Crippen molar-refractivity contribution in [1.82, 2.24) is 10.7 Å². The Hall–Kier alpha value is -3.55. The van der Waals surface area contributed by atoms with E-state index in [9.17, 15) is 9.59 Å². The Bertz CT molecular complexity index is 866. The maximum atomic E-state index is 12.2. The summed E-state index contributed by atoms with van der Waals surface area (Å²) in [6.45, 7) is 2.59. The van der Waals surface area contributed by atoms with Gasteiger partial charge >= 0.3 is 0 Å². The molecule has 0 fully saturated rings. The van der Waals surface area contributed by atoms with Crippen molar-refractivity contribution in [2.24, 2.45) is 5.10 Å². The van der Waals surface area contributed by atoms with Gasteiger partial charge in [-0.15, -0.1) is 0 Å². The minimum absolute atomic E-state index is 0.214. The monoisotopic (exact) mass is 413 g/mol. The molecule has 160 valence electrons. The van der Waals surface area contributed by atoms with Gasteiger partial charge in [0, 0.05) is 5.56 Å².